The maximum atomic E-state index is 6.34. The molecule has 1 aliphatic rings. The third kappa shape index (κ3) is 6.42. The van der Waals surface area contributed by atoms with Gasteiger partial charge in [-0.1, -0.05) is 69.0 Å². The molecule has 4 heteroatoms. The maximum absolute atomic E-state index is 6.34. The molecule has 3 rings (SSSR count). The van der Waals surface area contributed by atoms with Crippen molar-refractivity contribution in [2.24, 2.45) is 0 Å². The molecule has 28 heavy (non-hydrogen) atoms. The van der Waals surface area contributed by atoms with E-state index in [1.54, 1.807) is 7.11 Å². The van der Waals surface area contributed by atoms with Crippen molar-refractivity contribution in [3.8, 4) is 11.5 Å². The van der Waals surface area contributed by atoms with Crippen molar-refractivity contribution in [2.75, 3.05) is 7.11 Å². The van der Waals surface area contributed by atoms with Crippen molar-refractivity contribution in [1.82, 2.24) is 5.32 Å². The van der Waals surface area contributed by atoms with Gasteiger partial charge in [-0.15, -0.1) is 12.4 Å². The molecule has 2 aromatic rings. The molecule has 0 amide bonds. The Morgan fingerprint density at radius 1 is 1.04 bits per heavy atom. The largest absolute Gasteiger partial charge is 0.497 e. The van der Waals surface area contributed by atoms with E-state index < -0.39 is 0 Å². The second kappa shape index (κ2) is 12.0. The topological polar surface area (TPSA) is 30.5 Å². The van der Waals surface area contributed by atoms with E-state index in [-0.39, 0.29) is 18.5 Å². The number of nitrogens with one attached hydrogen (secondary N) is 1. The van der Waals surface area contributed by atoms with Gasteiger partial charge in [0.05, 0.1) is 7.11 Å². The molecular formula is C24H34ClNO2. The van der Waals surface area contributed by atoms with Crippen LogP contribution in [0.5, 0.6) is 11.5 Å². The Kier molecular flexibility index (Phi) is 9.66. The summed E-state index contributed by atoms with van der Waals surface area (Å²) < 4.78 is 11.7. The van der Waals surface area contributed by atoms with Crippen LogP contribution in [0.25, 0.3) is 0 Å². The van der Waals surface area contributed by atoms with E-state index in [4.69, 9.17) is 9.47 Å². The fraction of sp³-hybridized carbons (Fsp3) is 0.500. The molecule has 0 spiro atoms. The molecule has 0 saturated carbocycles. The van der Waals surface area contributed by atoms with Crippen LogP contribution in [0, 0.1) is 0 Å². The molecule has 0 aromatic heterocycles. The number of hydrogen-bond acceptors (Lipinski definition) is 3. The van der Waals surface area contributed by atoms with Gasteiger partial charge in [0.1, 0.15) is 17.6 Å². The van der Waals surface area contributed by atoms with Gasteiger partial charge >= 0.3 is 0 Å². The van der Waals surface area contributed by atoms with Crippen molar-refractivity contribution in [2.45, 2.75) is 70.6 Å². The molecule has 2 unspecified atom stereocenters. The lowest BCUT2D eigenvalue weighted by Crippen LogP contribution is -2.32. The Bertz CT molecular complexity index is 692. The zero-order valence-electron chi connectivity index (χ0n) is 17.2. The third-order valence-electron chi connectivity index (χ3n) is 5.41. The minimum atomic E-state index is 0. The molecule has 0 saturated heterocycles. The summed E-state index contributed by atoms with van der Waals surface area (Å²) in [7, 11) is 1.71. The first kappa shape index (κ1) is 22.6. The normalized spacial score (nSPS) is 17.9. The number of benzene rings is 2. The highest BCUT2D eigenvalue weighted by atomic mass is 35.5. The highest BCUT2D eigenvalue weighted by Crippen LogP contribution is 2.38. The molecule has 154 valence electrons. The average Bonchev–Trinajstić information content (AvgIpc) is 2.72. The summed E-state index contributed by atoms with van der Waals surface area (Å²) in [6.07, 6.45) is 8.95. The molecule has 1 aliphatic heterocycles. The average molecular weight is 404 g/mol. The summed E-state index contributed by atoms with van der Waals surface area (Å²) in [5.74, 6) is 1.84. The SMILES string of the molecule is CCCCCCCC1CC(NCc2ccccc2)c2ccc(OC)cc2O1.Cl. The van der Waals surface area contributed by atoms with E-state index in [9.17, 15) is 0 Å². The van der Waals surface area contributed by atoms with E-state index in [1.807, 2.05) is 12.1 Å². The quantitative estimate of drug-likeness (QED) is 0.462. The van der Waals surface area contributed by atoms with Crippen molar-refractivity contribution in [3.05, 3.63) is 59.7 Å². The van der Waals surface area contributed by atoms with Crippen LogP contribution < -0.4 is 14.8 Å². The summed E-state index contributed by atoms with van der Waals surface area (Å²) in [5.41, 5.74) is 2.56. The molecule has 1 heterocycles. The predicted molar refractivity (Wildman–Crippen MR) is 119 cm³/mol. The lowest BCUT2D eigenvalue weighted by Gasteiger charge is -2.33. The Hall–Kier alpha value is -1.71. The fourth-order valence-corrected chi connectivity index (χ4v) is 3.83. The lowest BCUT2D eigenvalue weighted by molar-refractivity contribution is 0.137. The Labute approximate surface area is 176 Å². The third-order valence-corrected chi connectivity index (χ3v) is 5.41. The predicted octanol–water partition coefficient (Wildman–Crippen LogP) is 6.46. The highest BCUT2D eigenvalue weighted by Gasteiger charge is 2.28. The van der Waals surface area contributed by atoms with Gasteiger partial charge in [-0.2, -0.15) is 0 Å². The maximum Gasteiger partial charge on any atom is 0.128 e. The number of hydrogen-bond donors (Lipinski definition) is 1. The molecule has 0 bridgehead atoms. The van der Waals surface area contributed by atoms with Gasteiger partial charge < -0.3 is 14.8 Å². The summed E-state index contributed by atoms with van der Waals surface area (Å²) in [6, 6.07) is 17.1. The number of halogens is 1. The van der Waals surface area contributed by atoms with Crippen LogP contribution >= 0.6 is 12.4 Å². The van der Waals surface area contributed by atoms with Crippen LogP contribution in [-0.4, -0.2) is 13.2 Å². The first-order chi connectivity index (χ1) is 13.3. The second-order valence-electron chi connectivity index (χ2n) is 7.50. The molecule has 2 aromatic carbocycles. The van der Waals surface area contributed by atoms with Gasteiger partial charge in [0.25, 0.3) is 0 Å². The number of unbranched alkanes of at least 4 members (excludes halogenated alkanes) is 4. The van der Waals surface area contributed by atoms with Crippen LogP contribution in [0.4, 0.5) is 0 Å². The molecule has 2 atom stereocenters. The zero-order valence-corrected chi connectivity index (χ0v) is 18.0. The number of rotatable bonds is 10. The van der Waals surface area contributed by atoms with Gasteiger partial charge in [-0.25, -0.2) is 0 Å². The molecule has 0 radical (unpaired) electrons. The van der Waals surface area contributed by atoms with Crippen molar-refractivity contribution >= 4 is 12.4 Å². The van der Waals surface area contributed by atoms with Crippen LogP contribution in [0.3, 0.4) is 0 Å². The van der Waals surface area contributed by atoms with Gasteiger partial charge in [0.15, 0.2) is 0 Å². The number of ether oxygens (including phenoxy) is 2. The standard InChI is InChI=1S/C24H33NO2.ClH/c1-3-4-5-6-10-13-21-16-23(25-18-19-11-8-7-9-12-19)22-15-14-20(26-2)17-24(22)27-21;/h7-9,11-12,14-15,17,21,23,25H,3-6,10,13,16,18H2,1-2H3;1H. The first-order valence-corrected chi connectivity index (χ1v) is 10.4. The van der Waals surface area contributed by atoms with Gasteiger partial charge in [0.2, 0.25) is 0 Å². The molecule has 0 fully saturated rings. The molecule has 1 N–H and O–H groups in total. The molecule has 3 nitrogen and oxygen atoms in total. The molecule has 0 aliphatic carbocycles. The van der Waals surface area contributed by atoms with Crippen molar-refractivity contribution in [3.63, 3.8) is 0 Å². The lowest BCUT2D eigenvalue weighted by atomic mass is 9.93. The van der Waals surface area contributed by atoms with Crippen molar-refractivity contribution in [1.29, 1.82) is 0 Å². The zero-order chi connectivity index (χ0) is 18.9. The van der Waals surface area contributed by atoms with E-state index in [2.05, 4.69) is 48.6 Å². The minimum Gasteiger partial charge on any atom is -0.497 e. The van der Waals surface area contributed by atoms with Crippen LogP contribution in [0.15, 0.2) is 48.5 Å². The van der Waals surface area contributed by atoms with Crippen LogP contribution in [-0.2, 0) is 6.54 Å². The van der Waals surface area contributed by atoms with Crippen LogP contribution in [0.1, 0.15) is 69.0 Å². The summed E-state index contributed by atoms with van der Waals surface area (Å²) in [4.78, 5) is 0. The fourth-order valence-electron chi connectivity index (χ4n) is 3.83. The summed E-state index contributed by atoms with van der Waals surface area (Å²) >= 11 is 0. The monoisotopic (exact) mass is 403 g/mol. The van der Waals surface area contributed by atoms with Gasteiger partial charge in [-0.3, -0.25) is 0 Å². The summed E-state index contributed by atoms with van der Waals surface area (Å²) in [6.45, 7) is 3.14. The van der Waals surface area contributed by atoms with E-state index in [1.165, 1.54) is 43.2 Å². The number of fused-ring (bicyclic) bond motifs is 1. The second-order valence-corrected chi connectivity index (χ2v) is 7.50. The Morgan fingerprint density at radius 2 is 1.82 bits per heavy atom. The van der Waals surface area contributed by atoms with Crippen molar-refractivity contribution < 1.29 is 9.47 Å². The Balaban J connectivity index is 0.00000280. The first-order valence-electron chi connectivity index (χ1n) is 10.4. The van der Waals surface area contributed by atoms with Gasteiger partial charge in [-0.05, 0) is 24.5 Å². The van der Waals surface area contributed by atoms with E-state index in [0.717, 1.165) is 30.9 Å². The molecular weight excluding hydrogens is 370 g/mol. The van der Waals surface area contributed by atoms with Crippen LogP contribution in [0.2, 0.25) is 0 Å². The smallest absolute Gasteiger partial charge is 0.128 e. The minimum absolute atomic E-state index is 0. The van der Waals surface area contributed by atoms with E-state index in [0.29, 0.717) is 6.04 Å². The summed E-state index contributed by atoms with van der Waals surface area (Å²) in [5, 5.41) is 3.75. The Morgan fingerprint density at radius 3 is 2.57 bits per heavy atom. The van der Waals surface area contributed by atoms with E-state index >= 15 is 0 Å². The van der Waals surface area contributed by atoms with Gasteiger partial charge in [0, 0.05) is 30.6 Å². The highest BCUT2D eigenvalue weighted by molar-refractivity contribution is 5.85. The number of methoxy groups -OCH3 is 1.